The lowest BCUT2D eigenvalue weighted by molar-refractivity contribution is 0.0962. The van der Waals surface area contributed by atoms with Crippen molar-refractivity contribution in [2.24, 2.45) is 0 Å². The zero-order chi connectivity index (χ0) is 15.8. The Kier molecular flexibility index (Phi) is 3.79. The number of hydrogen-bond donors (Lipinski definition) is 0. The molecule has 0 saturated heterocycles. The monoisotopic (exact) mass is 343 g/mol. The van der Waals surface area contributed by atoms with Crippen LogP contribution in [0.25, 0.3) is 11.0 Å². The maximum atomic E-state index is 13.0. The Morgan fingerprint density at radius 2 is 2.04 bits per heavy atom. The van der Waals surface area contributed by atoms with Gasteiger partial charge >= 0.3 is 0 Å². The van der Waals surface area contributed by atoms with Gasteiger partial charge in [0, 0.05) is 21.8 Å². The predicted molar refractivity (Wildman–Crippen MR) is 94.7 cm³/mol. The number of hydrogen-bond acceptors (Lipinski definition) is 3. The second-order valence-electron chi connectivity index (χ2n) is 5.42. The van der Waals surface area contributed by atoms with E-state index < -0.39 is 0 Å². The molecule has 1 aliphatic rings. The summed E-state index contributed by atoms with van der Waals surface area (Å²) in [4.78, 5) is 15.9. The first-order chi connectivity index (χ1) is 11.2. The van der Waals surface area contributed by atoms with Gasteiger partial charge in [-0.1, -0.05) is 23.7 Å². The van der Waals surface area contributed by atoms with Crippen LogP contribution in [0.1, 0.15) is 17.0 Å². The van der Waals surface area contributed by atoms with Crippen molar-refractivity contribution in [3.8, 4) is 0 Å². The van der Waals surface area contributed by atoms with Crippen LogP contribution < -0.4 is 4.90 Å². The highest BCUT2D eigenvalue weighted by molar-refractivity contribution is 7.99. The van der Waals surface area contributed by atoms with Crippen molar-refractivity contribution in [2.75, 3.05) is 17.2 Å². The van der Waals surface area contributed by atoms with Crippen LogP contribution in [0.2, 0.25) is 5.02 Å². The van der Waals surface area contributed by atoms with Crippen molar-refractivity contribution < 1.29 is 9.21 Å². The van der Waals surface area contributed by atoms with Crippen LogP contribution in [0.3, 0.4) is 0 Å². The third-order valence-electron chi connectivity index (χ3n) is 3.87. The summed E-state index contributed by atoms with van der Waals surface area (Å²) in [7, 11) is 0. The summed E-state index contributed by atoms with van der Waals surface area (Å²) in [5.74, 6) is 1.26. The van der Waals surface area contributed by atoms with Crippen LogP contribution in [-0.4, -0.2) is 18.2 Å². The van der Waals surface area contributed by atoms with E-state index >= 15 is 0 Å². The van der Waals surface area contributed by atoms with E-state index in [1.165, 1.54) is 0 Å². The van der Waals surface area contributed by atoms with Gasteiger partial charge in [0.25, 0.3) is 5.91 Å². The molecule has 1 aliphatic heterocycles. The molecule has 0 fully saturated rings. The Hall–Kier alpha value is -1.91. The molecule has 23 heavy (non-hydrogen) atoms. The average molecular weight is 344 g/mol. The standard InChI is InChI=1S/C18H14ClNO2S/c19-13-6-7-15-12(10-13)11-16(22-15)18(21)20-8-3-9-23-17-5-2-1-4-14(17)20/h1-2,4-7,10-11H,3,8-9H2. The third-order valence-corrected chi connectivity index (χ3v) is 5.26. The number of anilines is 1. The SMILES string of the molecule is O=C(c1cc2cc(Cl)ccc2o1)N1CCCSc2ccccc21. The number of furan rings is 1. The highest BCUT2D eigenvalue weighted by Crippen LogP contribution is 2.35. The minimum Gasteiger partial charge on any atom is -0.451 e. The topological polar surface area (TPSA) is 33.5 Å². The highest BCUT2D eigenvalue weighted by atomic mass is 35.5. The van der Waals surface area contributed by atoms with Gasteiger partial charge in [-0.25, -0.2) is 0 Å². The molecule has 2 aromatic carbocycles. The Bertz CT molecular complexity index is 890. The molecule has 4 rings (SSSR count). The number of rotatable bonds is 1. The van der Waals surface area contributed by atoms with Gasteiger partial charge in [0.2, 0.25) is 0 Å². The van der Waals surface area contributed by atoms with E-state index in [1.807, 2.05) is 29.2 Å². The number of carbonyl (C=O) groups is 1. The summed E-state index contributed by atoms with van der Waals surface area (Å²) in [6.07, 6.45) is 0.955. The van der Waals surface area contributed by atoms with Gasteiger partial charge in [-0.05, 0) is 48.6 Å². The van der Waals surface area contributed by atoms with E-state index in [2.05, 4.69) is 6.07 Å². The maximum absolute atomic E-state index is 13.0. The van der Waals surface area contributed by atoms with Gasteiger partial charge in [-0.15, -0.1) is 11.8 Å². The van der Waals surface area contributed by atoms with Crippen molar-refractivity contribution in [1.29, 1.82) is 0 Å². The maximum Gasteiger partial charge on any atom is 0.294 e. The largest absolute Gasteiger partial charge is 0.451 e. The molecule has 0 spiro atoms. The summed E-state index contributed by atoms with van der Waals surface area (Å²) in [5.41, 5.74) is 1.63. The molecule has 0 radical (unpaired) electrons. The zero-order valence-electron chi connectivity index (χ0n) is 12.3. The van der Waals surface area contributed by atoms with Crippen molar-refractivity contribution in [2.45, 2.75) is 11.3 Å². The first-order valence-electron chi connectivity index (χ1n) is 7.45. The fourth-order valence-electron chi connectivity index (χ4n) is 2.79. The van der Waals surface area contributed by atoms with E-state index in [1.54, 1.807) is 30.0 Å². The molecule has 3 nitrogen and oxygen atoms in total. The third kappa shape index (κ3) is 2.73. The number of halogens is 1. The molecule has 0 aliphatic carbocycles. The van der Waals surface area contributed by atoms with Gasteiger partial charge < -0.3 is 9.32 Å². The van der Waals surface area contributed by atoms with Gasteiger partial charge in [0.05, 0.1) is 5.69 Å². The van der Waals surface area contributed by atoms with E-state index in [4.69, 9.17) is 16.0 Å². The Morgan fingerprint density at radius 1 is 1.17 bits per heavy atom. The number of fused-ring (bicyclic) bond motifs is 2. The lowest BCUT2D eigenvalue weighted by atomic mass is 10.2. The van der Waals surface area contributed by atoms with Crippen molar-refractivity contribution >= 4 is 45.9 Å². The zero-order valence-corrected chi connectivity index (χ0v) is 13.9. The summed E-state index contributed by atoms with van der Waals surface area (Å²) in [6.45, 7) is 0.695. The molecule has 0 unspecified atom stereocenters. The average Bonchev–Trinajstić information content (AvgIpc) is 2.86. The molecular weight excluding hydrogens is 330 g/mol. The molecule has 1 amide bonds. The number of thioether (sulfide) groups is 1. The summed E-state index contributed by atoms with van der Waals surface area (Å²) < 4.78 is 5.74. The molecule has 2 heterocycles. The summed E-state index contributed by atoms with van der Waals surface area (Å²) in [6, 6.07) is 15.1. The van der Waals surface area contributed by atoms with Crippen LogP contribution >= 0.6 is 23.4 Å². The number of carbonyl (C=O) groups excluding carboxylic acids is 1. The lowest BCUT2D eigenvalue weighted by Gasteiger charge is -2.21. The highest BCUT2D eigenvalue weighted by Gasteiger charge is 2.25. The van der Waals surface area contributed by atoms with Crippen LogP contribution in [0.5, 0.6) is 0 Å². The van der Waals surface area contributed by atoms with Crippen LogP contribution in [0, 0.1) is 0 Å². The van der Waals surface area contributed by atoms with Crippen molar-refractivity contribution in [1.82, 2.24) is 0 Å². The summed E-state index contributed by atoms with van der Waals surface area (Å²) >= 11 is 7.80. The second kappa shape index (κ2) is 5.95. The number of para-hydroxylation sites is 1. The normalized spacial score (nSPS) is 14.6. The fourth-order valence-corrected chi connectivity index (χ4v) is 3.97. The van der Waals surface area contributed by atoms with E-state index in [0.29, 0.717) is 22.9 Å². The Morgan fingerprint density at radius 3 is 2.96 bits per heavy atom. The van der Waals surface area contributed by atoms with Crippen molar-refractivity contribution in [3.63, 3.8) is 0 Å². The quantitative estimate of drug-likeness (QED) is 0.606. The predicted octanol–water partition coefficient (Wildman–Crippen LogP) is 5.23. The van der Waals surface area contributed by atoms with Crippen LogP contribution in [0.15, 0.2) is 57.8 Å². The molecule has 0 bridgehead atoms. The molecule has 116 valence electrons. The number of nitrogens with zero attached hydrogens (tertiary/aromatic N) is 1. The number of benzene rings is 2. The van der Waals surface area contributed by atoms with E-state index in [0.717, 1.165) is 28.1 Å². The molecule has 0 saturated carbocycles. The summed E-state index contributed by atoms with van der Waals surface area (Å²) in [5, 5.41) is 1.48. The van der Waals surface area contributed by atoms with Crippen LogP contribution in [0.4, 0.5) is 5.69 Å². The lowest BCUT2D eigenvalue weighted by Crippen LogP contribution is -2.31. The Labute approximate surface area is 143 Å². The minimum atomic E-state index is -0.104. The van der Waals surface area contributed by atoms with E-state index in [-0.39, 0.29) is 5.91 Å². The second-order valence-corrected chi connectivity index (χ2v) is 6.99. The van der Waals surface area contributed by atoms with Crippen LogP contribution in [-0.2, 0) is 0 Å². The first-order valence-corrected chi connectivity index (χ1v) is 8.81. The van der Waals surface area contributed by atoms with Crippen molar-refractivity contribution in [3.05, 3.63) is 59.3 Å². The van der Waals surface area contributed by atoms with Gasteiger partial charge in [0.15, 0.2) is 5.76 Å². The first kappa shape index (κ1) is 14.7. The fraction of sp³-hybridized carbons (Fsp3) is 0.167. The molecule has 1 aromatic heterocycles. The molecule has 5 heteroatoms. The smallest absolute Gasteiger partial charge is 0.294 e. The van der Waals surface area contributed by atoms with Gasteiger partial charge in [0.1, 0.15) is 5.58 Å². The van der Waals surface area contributed by atoms with Gasteiger partial charge in [-0.3, -0.25) is 4.79 Å². The Balaban J connectivity index is 1.75. The number of amides is 1. The van der Waals surface area contributed by atoms with E-state index in [9.17, 15) is 4.79 Å². The molecular formula is C18H14ClNO2S. The van der Waals surface area contributed by atoms with Gasteiger partial charge in [-0.2, -0.15) is 0 Å². The molecule has 0 atom stereocenters. The molecule has 0 N–H and O–H groups in total. The molecule has 3 aromatic rings. The minimum absolute atomic E-state index is 0.104.